The van der Waals surface area contributed by atoms with Crippen LogP contribution in [0.5, 0.6) is 0 Å². The number of nitrogens with zero attached hydrogens (tertiary/aromatic N) is 1. The zero-order valence-electron chi connectivity index (χ0n) is 6.78. The maximum absolute atomic E-state index is 10.9. The second-order valence-corrected chi connectivity index (χ2v) is 2.50. The summed E-state index contributed by atoms with van der Waals surface area (Å²) >= 11 is 0. The first-order chi connectivity index (χ1) is 6.13. The summed E-state index contributed by atoms with van der Waals surface area (Å²) in [7, 11) is 0. The molecule has 0 aromatic heterocycles. The molecule has 1 aliphatic heterocycles. The predicted octanol–water partition coefficient (Wildman–Crippen LogP) is -0.0751. The molecule has 0 radical (unpaired) electrons. The third-order valence-electron chi connectivity index (χ3n) is 1.48. The maximum atomic E-state index is 10.9. The van der Waals surface area contributed by atoms with Gasteiger partial charge < -0.3 is 9.47 Å². The lowest BCUT2D eigenvalue weighted by Crippen LogP contribution is -2.18. The van der Waals surface area contributed by atoms with Gasteiger partial charge >= 0.3 is 11.9 Å². The number of carbonyl (C=O) groups excluding carboxylic acids is 2. The van der Waals surface area contributed by atoms with E-state index >= 15 is 0 Å². The molecular formula is C8H7NO4. The van der Waals surface area contributed by atoms with Gasteiger partial charge in [-0.2, -0.15) is 5.26 Å². The van der Waals surface area contributed by atoms with Gasteiger partial charge in [-0.05, 0) is 0 Å². The zero-order chi connectivity index (χ0) is 9.84. The summed E-state index contributed by atoms with van der Waals surface area (Å²) in [5.74, 6) is -1.20. The second kappa shape index (κ2) is 3.72. The molecule has 5 nitrogen and oxygen atoms in total. The van der Waals surface area contributed by atoms with Crippen LogP contribution in [-0.2, 0) is 19.1 Å². The third kappa shape index (κ3) is 2.30. The zero-order valence-corrected chi connectivity index (χ0v) is 6.78. The summed E-state index contributed by atoms with van der Waals surface area (Å²) in [5.41, 5.74) is -0.278. The van der Waals surface area contributed by atoms with Crippen LogP contribution in [0.3, 0.4) is 0 Å². The Morgan fingerprint density at radius 1 is 1.77 bits per heavy atom. The quantitative estimate of drug-likeness (QED) is 0.338. The highest BCUT2D eigenvalue weighted by Crippen LogP contribution is 2.11. The van der Waals surface area contributed by atoms with E-state index in [1.54, 1.807) is 6.07 Å². The monoisotopic (exact) mass is 181 g/mol. The van der Waals surface area contributed by atoms with Gasteiger partial charge in [0.15, 0.2) is 0 Å². The van der Waals surface area contributed by atoms with Crippen molar-refractivity contribution in [2.24, 2.45) is 0 Å². The van der Waals surface area contributed by atoms with Gasteiger partial charge in [0.05, 0.1) is 6.42 Å². The normalized spacial score (nSPS) is 20.2. The first-order valence-corrected chi connectivity index (χ1v) is 3.59. The molecule has 0 aromatic carbocycles. The van der Waals surface area contributed by atoms with Crippen LogP contribution < -0.4 is 0 Å². The van der Waals surface area contributed by atoms with Gasteiger partial charge in [0.25, 0.3) is 0 Å². The van der Waals surface area contributed by atoms with Crippen molar-refractivity contribution in [2.75, 3.05) is 6.61 Å². The van der Waals surface area contributed by atoms with Crippen molar-refractivity contribution in [1.29, 1.82) is 5.26 Å². The van der Waals surface area contributed by atoms with E-state index in [1.807, 2.05) is 0 Å². The molecule has 13 heavy (non-hydrogen) atoms. The molecule has 0 bridgehead atoms. The van der Waals surface area contributed by atoms with Crippen molar-refractivity contribution < 1.29 is 19.1 Å². The number of cyclic esters (lactones) is 1. The molecule has 1 atom stereocenters. The van der Waals surface area contributed by atoms with Gasteiger partial charge in [-0.1, -0.05) is 6.58 Å². The van der Waals surface area contributed by atoms with Crippen LogP contribution in [-0.4, -0.2) is 24.6 Å². The first-order valence-electron chi connectivity index (χ1n) is 3.59. The summed E-state index contributed by atoms with van der Waals surface area (Å²) in [4.78, 5) is 21.5. The Balaban J connectivity index is 2.42. The molecule has 1 fully saturated rings. The Bertz CT molecular complexity index is 302. The summed E-state index contributed by atoms with van der Waals surface area (Å²) < 4.78 is 9.28. The highest BCUT2D eigenvalue weighted by Gasteiger charge is 2.27. The SMILES string of the molecule is C=C(C#N)C(=O)OC1COC(=O)C1. The van der Waals surface area contributed by atoms with Crippen LogP contribution in [0.15, 0.2) is 12.2 Å². The molecule has 0 amide bonds. The molecule has 0 aliphatic carbocycles. The van der Waals surface area contributed by atoms with Crippen molar-refractivity contribution in [3.63, 3.8) is 0 Å². The second-order valence-electron chi connectivity index (χ2n) is 2.50. The maximum Gasteiger partial charge on any atom is 0.348 e. The van der Waals surface area contributed by atoms with Crippen LogP contribution in [0.4, 0.5) is 0 Å². The highest BCUT2D eigenvalue weighted by atomic mass is 16.6. The Morgan fingerprint density at radius 3 is 2.92 bits per heavy atom. The molecule has 1 saturated heterocycles. The van der Waals surface area contributed by atoms with Crippen molar-refractivity contribution in [3.8, 4) is 6.07 Å². The van der Waals surface area contributed by atoms with Gasteiger partial charge in [-0.3, -0.25) is 4.79 Å². The molecular weight excluding hydrogens is 174 g/mol. The van der Waals surface area contributed by atoms with Gasteiger partial charge in [0, 0.05) is 0 Å². The van der Waals surface area contributed by atoms with Gasteiger partial charge in [0.1, 0.15) is 24.4 Å². The average Bonchev–Trinajstić information content (AvgIpc) is 2.49. The Hall–Kier alpha value is -1.83. The number of hydrogen-bond donors (Lipinski definition) is 0. The van der Waals surface area contributed by atoms with Gasteiger partial charge in [-0.25, -0.2) is 4.79 Å². The lowest BCUT2D eigenvalue weighted by molar-refractivity contribution is -0.143. The summed E-state index contributed by atoms with van der Waals surface area (Å²) in [5, 5.41) is 8.28. The average molecular weight is 181 g/mol. The number of carbonyl (C=O) groups is 2. The topological polar surface area (TPSA) is 76.4 Å². The Morgan fingerprint density at radius 2 is 2.46 bits per heavy atom. The molecule has 1 heterocycles. The van der Waals surface area contributed by atoms with E-state index in [-0.39, 0.29) is 18.6 Å². The predicted molar refractivity (Wildman–Crippen MR) is 40.2 cm³/mol. The van der Waals surface area contributed by atoms with E-state index in [1.165, 1.54) is 0 Å². The first kappa shape index (κ1) is 9.26. The number of hydrogen-bond acceptors (Lipinski definition) is 5. The van der Waals surface area contributed by atoms with Crippen LogP contribution >= 0.6 is 0 Å². The van der Waals surface area contributed by atoms with Crippen molar-refractivity contribution in [3.05, 3.63) is 12.2 Å². The van der Waals surface area contributed by atoms with Crippen LogP contribution in [0, 0.1) is 11.3 Å². The number of rotatable bonds is 2. The standard InChI is InChI=1S/C8H7NO4/c1-5(3-9)8(11)13-6-2-7(10)12-4-6/h6H,1-2,4H2. The van der Waals surface area contributed by atoms with Crippen LogP contribution in [0.2, 0.25) is 0 Å². The van der Waals surface area contributed by atoms with Gasteiger partial charge in [0.2, 0.25) is 0 Å². The van der Waals surface area contributed by atoms with E-state index in [0.29, 0.717) is 0 Å². The lowest BCUT2D eigenvalue weighted by atomic mass is 10.3. The van der Waals surface area contributed by atoms with E-state index in [9.17, 15) is 9.59 Å². The van der Waals surface area contributed by atoms with Gasteiger partial charge in [-0.15, -0.1) is 0 Å². The van der Waals surface area contributed by atoms with E-state index < -0.39 is 18.0 Å². The van der Waals surface area contributed by atoms with Crippen LogP contribution in [0.1, 0.15) is 6.42 Å². The molecule has 5 heteroatoms. The number of nitriles is 1. The van der Waals surface area contributed by atoms with Crippen LogP contribution in [0.25, 0.3) is 0 Å². The molecule has 0 spiro atoms. The molecule has 1 unspecified atom stereocenters. The minimum absolute atomic E-state index is 0.0461. The van der Waals surface area contributed by atoms with E-state index in [2.05, 4.69) is 11.3 Å². The molecule has 0 aromatic rings. The molecule has 1 aliphatic rings. The molecule has 68 valence electrons. The van der Waals surface area contributed by atoms with Crippen molar-refractivity contribution in [2.45, 2.75) is 12.5 Å². The van der Waals surface area contributed by atoms with Crippen molar-refractivity contribution >= 4 is 11.9 Å². The third-order valence-corrected chi connectivity index (χ3v) is 1.48. The summed E-state index contributed by atoms with van der Waals surface area (Å²) in [6.07, 6.45) is -0.533. The summed E-state index contributed by atoms with van der Waals surface area (Å²) in [6, 6.07) is 1.56. The number of ether oxygens (including phenoxy) is 2. The molecule has 0 N–H and O–H groups in total. The van der Waals surface area contributed by atoms with Crippen molar-refractivity contribution in [1.82, 2.24) is 0 Å². The lowest BCUT2D eigenvalue weighted by Gasteiger charge is -2.06. The fraction of sp³-hybridized carbons (Fsp3) is 0.375. The largest absolute Gasteiger partial charge is 0.462 e. The fourth-order valence-corrected chi connectivity index (χ4v) is 0.833. The summed E-state index contributed by atoms with van der Waals surface area (Å²) in [6.45, 7) is 3.23. The fourth-order valence-electron chi connectivity index (χ4n) is 0.833. The minimum Gasteiger partial charge on any atom is -0.462 e. The number of esters is 2. The van der Waals surface area contributed by atoms with E-state index in [4.69, 9.17) is 10.00 Å². The highest BCUT2D eigenvalue weighted by molar-refractivity contribution is 5.92. The Labute approximate surface area is 74.5 Å². The van der Waals surface area contributed by atoms with E-state index in [0.717, 1.165) is 0 Å². The molecule has 0 saturated carbocycles. The smallest absolute Gasteiger partial charge is 0.348 e. The Kier molecular flexibility index (Phi) is 2.65. The molecule has 1 rings (SSSR count). The minimum atomic E-state index is -0.800.